The van der Waals surface area contributed by atoms with Crippen LogP contribution in [-0.2, 0) is 0 Å². The molecule has 0 saturated carbocycles. The molecule has 9 heteroatoms. The summed E-state index contributed by atoms with van der Waals surface area (Å²) in [7, 11) is 4.02. The van der Waals surface area contributed by atoms with Crippen LogP contribution in [0.4, 0.5) is 27.9 Å². The standard InChI is InChI=1S/C30H33N5O3S/c1-21-9-8-10-22(2)28(21)35(30(36)38-25-11-6-7-12-26(25)39-5)27-17-18-31-29(33-27)32-23-13-15-24(16-14-23)37-20-19-34(3)4/h6-18H,19-20H2,1-5H3,(H,31,32,33). The third-order valence-corrected chi connectivity index (χ3v) is 6.68. The molecule has 0 radical (unpaired) electrons. The van der Waals surface area contributed by atoms with Gasteiger partial charge in [0.2, 0.25) is 5.95 Å². The van der Waals surface area contributed by atoms with E-state index >= 15 is 0 Å². The first-order valence-corrected chi connectivity index (χ1v) is 13.8. The van der Waals surface area contributed by atoms with Gasteiger partial charge in [0, 0.05) is 29.4 Å². The molecule has 0 bridgehead atoms. The molecule has 0 spiro atoms. The topological polar surface area (TPSA) is 79.8 Å². The summed E-state index contributed by atoms with van der Waals surface area (Å²) in [6.45, 7) is 5.36. The lowest BCUT2D eigenvalue weighted by Gasteiger charge is -2.25. The van der Waals surface area contributed by atoms with Crippen molar-refractivity contribution in [2.75, 3.05) is 43.7 Å². The Hall–Kier alpha value is -4.08. The molecule has 0 unspecified atom stereocenters. The van der Waals surface area contributed by atoms with Crippen molar-refractivity contribution in [2.45, 2.75) is 18.7 Å². The number of aromatic nitrogens is 2. The molecule has 1 aromatic heterocycles. The Kier molecular flexibility index (Phi) is 9.40. The van der Waals surface area contributed by atoms with Crippen molar-refractivity contribution in [3.05, 3.63) is 90.1 Å². The Morgan fingerprint density at radius 1 is 0.949 bits per heavy atom. The molecule has 0 atom stereocenters. The summed E-state index contributed by atoms with van der Waals surface area (Å²) in [5.41, 5.74) is 3.35. The van der Waals surface area contributed by atoms with Crippen molar-refractivity contribution < 1.29 is 14.3 Å². The first kappa shape index (κ1) is 27.9. The monoisotopic (exact) mass is 543 g/mol. The van der Waals surface area contributed by atoms with Crippen LogP contribution in [-0.4, -0.2) is 54.5 Å². The highest BCUT2D eigenvalue weighted by atomic mass is 32.2. The van der Waals surface area contributed by atoms with E-state index in [2.05, 4.69) is 20.2 Å². The van der Waals surface area contributed by atoms with E-state index in [1.807, 2.05) is 94.9 Å². The van der Waals surface area contributed by atoms with Gasteiger partial charge < -0.3 is 19.7 Å². The van der Waals surface area contributed by atoms with E-state index in [9.17, 15) is 4.79 Å². The number of rotatable bonds is 10. The molecule has 8 nitrogen and oxygen atoms in total. The van der Waals surface area contributed by atoms with Crippen LogP contribution in [0.1, 0.15) is 11.1 Å². The number of benzene rings is 3. The molecule has 1 heterocycles. The van der Waals surface area contributed by atoms with Crippen molar-refractivity contribution in [3.8, 4) is 11.5 Å². The number of aryl methyl sites for hydroxylation is 2. The molecule has 3 aromatic carbocycles. The highest BCUT2D eigenvalue weighted by Gasteiger charge is 2.26. The van der Waals surface area contributed by atoms with Crippen LogP contribution < -0.4 is 19.7 Å². The molecule has 0 saturated heterocycles. The molecule has 1 N–H and O–H groups in total. The molecular formula is C30H33N5O3S. The summed E-state index contributed by atoms with van der Waals surface area (Å²) in [4.78, 5) is 27.2. The number of hydrogen-bond donors (Lipinski definition) is 1. The van der Waals surface area contributed by atoms with E-state index in [1.54, 1.807) is 18.3 Å². The SMILES string of the molecule is CSc1ccccc1OC(=O)N(c1ccnc(Nc2ccc(OCCN(C)C)cc2)n1)c1c(C)cccc1C. The Balaban J connectivity index is 1.61. The van der Waals surface area contributed by atoms with Crippen LogP contribution in [0, 0.1) is 13.8 Å². The zero-order valence-corrected chi connectivity index (χ0v) is 23.7. The number of ether oxygens (including phenoxy) is 2. The summed E-state index contributed by atoms with van der Waals surface area (Å²) in [6, 6.07) is 22.6. The minimum Gasteiger partial charge on any atom is -0.492 e. The summed E-state index contributed by atoms with van der Waals surface area (Å²) < 4.78 is 11.7. The van der Waals surface area contributed by atoms with Crippen LogP contribution in [0.15, 0.2) is 83.9 Å². The van der Waals surface area contributed by atoms with Gasteiger partial charge >= 0.3 is 6.09 Å². The molecule has 0 aliphatic carbocycles. The molecule has 4 rings (SSSR count). The van der Waals surface area contributed by atoms with Gasteiger partial charge in [-0.1, -0.05) is 30.3 Å². The lowest BCUT2D eigenvalue weighted by molar-refractivity contribution is 0.209. The second kappa shape index (κ2) is 13.1. The molecular weight excluding hydrogens is 510 g/mol. The van der Waals surface area contributed by atoms with Crippen LogP contribution in [0.3, 0.4) is 0 Å². The third kappa shape index (κ3) is 7.28. The van der Waals surface area contributed by atoms with E-state index in [1.165, 1.54) is 16.7 Å². The molecule has 202 valence electrons. The fourth-order valence-corrected chi connectivity index (χ4v) is 4.47. The quantitative estimate of drug-likeness (QED) is 0.218. The van der Waals surface area contributed by atoms with E-state index in [0.29, 0.717) is 29.8 Å². The number of anilines is 4. The first-order chi connectivity index (χ1) is 18.9. The van der Waals surface area contributed by atoms with Crippen molar-refractivity contribution in [3.63, 3.8) is 0 Å². The maximum Gasteiger partial charge on any atom is 0.425 e. The Labute approximate surface area is 234 Å². The van der Waals surface area contributed by atoms with Crippen LogP contribution >= 0.6 is 11.8 Å². The number of para-hydroxylation sites is 2. The van der Waals surface area contributed by atoms with Gasteiger partial charge in [-0.2, -0.15) is 4.98 Å². The maximum atomic E-state index is 13.7. The average Bonchev–Trinajstić information content (AvgIpc) is 2.92. The van der Waals surface area contributed by atoms with E-state index in [-0.39, 0.29) is 0 Å². The zero-order valence-electron chi connectivity index (χ0n) is 22.8. The predicted octanol–water partition coefficient (Wildman–Crippen LogP) is 6.84. The molecule has 0 aliphatic heterocycles. The fraction of sp³-hybridized carbons (Fsp3) is 0.233. The number of likely N-dealkylation sites (N-methyl/N-ethyl adjacent to an activating group) is 1. The van der Waals surface area contributed by atoms with E-state index < -0.39 is 6.09 Å². The van der Waals surface area contributed by atoms with Crippen molar-refractivity contribution in [2.24, 2.45) is 0 Å². The minimum absolute atomic E-state index is 0.349. The van der Waals surface area contributed by atoms with Crippen LogP contribution in [0.5, 0.6) is 11.5 Å². The third-order valence-electron chi connectivity index (χ3n) is 5.90. The van der Waals surface area contributed by atoms with Crippen LogP contribution in [0.25, 0.3) is 0 Å². The van der Waals surface area contributed by atoms with Crippen molar-refractivity contribution in [1.29, 1.82) is 0 Å². The van der Waals surface area contributed by atoms with Gasteiger partial charge in [-0.3, -0.25) is 0 Å². The van der Waals surface area contributed by atoms with Gasteiger partial charge in [0.15, 0.2) is 0 Å². The first-order valence-electron chi connectivity index (χ1n) is 12.5. The average molecular weight is 544 g/mol. The molecule has 0 aliphatic rings. The van der Waals surface area contributed by atoms with Crippen LogP contribution in [0.2, 0.25) is 0 Å². The number of carbonyl (C=O) groups is 1. The van der Waals surface area contributed by atoms with Gasteiger partial charge in [0.25, 0.3) is 0 Å². The number of nitrogens with zero attached hydrogens (tertiary/aromatic N) is 4. The van der Waals surface area contributed by atoms with Gasteiger partial charge in [0.05, 0.1) is 5.69 Å². The molecule has 39 heavy (non-hydrogen) atoms. The lowest BCUT2D eigenvalue weighted by atomic mass is 10.1. The van der Waals surface area contributed by atoms with E-state index in [4.69, 9.17) is 9.47 Å². The summed E-state index contributed by atoms with van der Waals surface area (Å²) in [5.74, 6) is 2.01. The Bertz CT molecular complexity index is 1390. The molecule has 0 fully saturated rings. The number of nitrogens with one attached hydrogen (secondary N) is 1. The number of amides is 1. The second-order valence-corrected chi connectivity index (χ2v) is 9.98. The lowest BCUT2D eigenvalue weighted by Crippen LogP contribution is -2.31. The van der Waals surface area contributed by atoms with Gasteiger partial charge in [-0.15, -0.1) is 11.8 Å². The van der Waals surface area contributed by atoms with Gasteiger partial charge in [-0.05, 0) is 81.7 Å². The Morgan fingerprint density at radius 2 is 1.67 bits per heavy atom. The second-order valence-electron chi connectivity index (χ2n) is 9.13. The van der Waals surface area contributed by atoms with Crippen molar-refractivity contribution in [1.82, 2.24) is 14.9 Å². The Morgan fingerprint density at radius 3 is 2.36 bits per heavy atom. The highest BCUT2D eigenvalue weighted by molar-refractivity contribution is 7.98. The zero-order chi connectivity index (χ0) is 27.8. The molecule has 4 aromatic rings. The van der Waals surface area contributed by atoms with E-state index in [0.717, 1.165) is 34.0 Å². The normalized spacial score (nSPS) is 10.8. The van der Waals surface area contributed by atoms with Gasteiger partial charge in [-0.25, -0.2) is 14.7 Å². The number of thioether (sulfide) groups is 1. The predicted molar refractivity (Wildman–Crippen MR) is 158 cm³/mol. The number of carbonyl (C=O) groups excluding carboxylic acids is 1. The van der Waals surface area contributed by atoms with Crippen molar-refractivity contribution >= 4 is 41.0 Å². The smallest absolute Gasteiger partial charge is 0.425 e. The molecule has 1 amide bonds. The maximum absolute atomic E-state index is 13.7. The highest BCUT2D eigenvalue weighted by Crippen LogP contribution is 2.34. The number of hydrogen-bond acceptors (Lipinski definition) is 8. The summed E-state index contributed by atoms with van der Waals surface area (Å²) in [5, 5.41) is 3.22. The summed E-state index contributed by atoms with van der Waals surface area (Å²) >= 11 is 1.51. The largest absolute Gasteiger partial charge is 0.492 e. The van der Waals surface area contributed by atoms with Gasteiger partial charge in [0.1, 0.15) is 23.9 Å². The summed E-state index contributed by atoms with van der Waals surface area (Å²) in [6.07, 6.45) is 3.01. The minimum atomic E-state index is -0.558. The fourth-order valence-electron chi connectivity index (χ4n) is 3.94.